The van der Waals surface area contributed by atoms with Gasteiger partial charge in [0.1, 0.15) is 0 Å². The minimum atomic E-state index is -0.0370. The lowest BCUT2D eigenvalue weighted by molar-refractivity contribution is -0.110. The topological polar surface area (TPSA) is 32.3 Å². The van der Waals surface area contributed by atoms with E-state index in [-0.39, 0.29) is 5.91 Å². The molecule has 124 valence electrons. The first-order chi connectivity index (χ1) is 12.1. The summed E-state index contributed by atoms with van der Waals surface area (Å²) in [5, 5.41) is 2.95. The Kier molecular flexibility index (Phi) is 3.86. The summed E-state index contributed by atoms with van der Waals surface area (Å²) in [5.74, 6) is -0.0370. The Morgan fingerprint density at radius 1 is 0.920 bits per heavy atom. The van der Waals surface area contributed by atoms with E-state index in [0.29, 0.717) is 0 Å². The van der Waals surface area contributed by atoms with Crippen LogP contribution in [0.25, 0.3) is 22.8 Å². The highest BCUT2D eigenvalue weighted by atomic mass is 16.2. The van der Waals surface area contributed by atoms with Crippen LogP contribution in [0.3, 0.4) is 0 Å². The number of para-hydroxylation sites is 1. The van der Waals surface area contributed by atoms with Crippen molar-refractivity contribution >= 4 is 23.2 Å². The summed E-state index contributed by atoms with van der Waals surface area (Å²) < 4.78 is 0. The van der Waals surface area contributed by atoms with Gasteiger partial charge in [0.25, 0.3) is 5.91 Å². The second-order valence-electron chi connectivity index (χ2n) is 6.66. The molecule has 1 aromatic rings. The quantitative estimate of drug-likeness (QED) is 0.725. The van der Waals surface area contributed by atoms with Crippen molar-refractivity contribution < 1.29 is 4.79 Å². The number of carbonyl (C=O) groups excluding carboxylic acids is 1. The molecule has 0 saturated heterocycles. The van der Waals surface area contributed by atoms with Crippen LogP contribution in [0.1, 0.15) is 16.7 Å². The molecule has 1 amide bonds. The fourth-order valence-electron chi connectivity index (χ4n) is 3.45. The normalized spacial score (nSPS) is 15.0. The maximum Gasteiger partial charge on any atom is 0.256 e. The van der Waals surface area contributed by atoms with Crippen LogP contribution in [0.2, 0.25) is 0 Å². The lowest BCUT2D eigenvalue weighted by Crippen LogP contribution is -2.10. The Balaban J connectivity index is 1.87. The average Bonchev–Trinajstić information content (AvgIpc) is 2.93. The van der Waals surface area contributed by atoms with Crippen LogP contribution in [-0.2, 0) is 11.3 Å². The molecule has 0 spiro atoms. The van der Waals surface area contributed by atoms with Crippen molar-refractivity contribution in [3.05, 3.63) is 77.4 Å². The minimum Gasteiger partial charge on any atom is -0.321 e. The van der Waals surface area contributed by atoms with Gasteiger partial charge in [-0.1, -0.05) is 48.5 Å². The second kappa shape index (κ2) is 6.19. The lowest BCUT2D eigenvalue weighted by Gasteiger charge is -2.09. The molecule has 2 aliphatic carbocycles. The molecule has 0 saturated carbocycles. The van der Waals surface area contributed by atoms with E-state index in [9.17, 15) is 4.79 Å². The smallest absolute Gasteiger partial charge is 0.256 e. The van der Waals surface area contributed by atoms with Gasteiger partial charge in [0.15, 0.2) is 0 Å². The van der Waals surface area contributed by atoms with E-state index in [0.717, 1.165) is 28.9 Å². The molecular weight excluding hydrogens is 308 g/mol. The zero-order valence-corrected chi connectivity index (χ0v) is 14.4. The molecule has 0 fully saturated rings. The standard InChI is InChI=1S/C22H20N2O/c1-24(2)14-16-12-15(17-8-4-3-5-9-18(16)17)13-20-19-10-6-7-11-21(19)23-22(20)25/h3-13H,14H2,1-2H3,(H,23,25). The van der Waals surface area contributed by atoms with Gasteiger partial charge in [-0.3, -0.25) is 4.79 Å². The van der Waals surface area contributed by atoms with E-state index in [1.54, 1.807) is 0 Å². The molecule has 1 N–H and O–H groups in total. The molecule has 0 atom stereocenters. The number of carbonyl (C=O) groups is 1. The Morgan fingerprint density at radius 2 is 1.60 bits per heavy atom. The number of amides is 1. The van der Waals surface area contributed by atoms with Crippen LogP contribution >= 0.6 is 0 Å². The van der Waals surface area contributed by atoms with Crippen molar-refractivity contribution in [3.8, 4) is 11.1 Å². The first-order valence-corrected chi connectivity index (χ1v) is 8.41. The molecule has 3 heteroatoms. The zero-order chi connectivity index (χ0) is 17.4. The Hall–Kier alpha value is -2.91. The van der Waals surface area contributed by atoms with Crippen LogP contribution < -0.4 is 5.32 Å². The summed E-state index contributed by atoms with van der Waals surface area (Å²) in [6.07, 6.45) is 2.02. The predicted octanol–water partition coefficient (Wildman–Crippen LogP) is 4.35. The van der Waals surface area contributed by atoms with Gasteiger partial charge in [0.05, 0.1) is 0 Å². The molecular formula is C22H20N2O. The van der Waals surface area contributed by atoms with Crippen LogP contribution in [0, 0.1) is 0 Å². The van der Waals surface area contributed by atoms with E-state index in [1.165, 1.54) is 16.7 Å². The Bertz CT molecular complexity index is 956. The van der Waals surface area contributed by atoms with Gasteiger partial charge in [-0.2, -0.15) is 0 Å². The van der Waals surface area contributed by atoms with Gasteiger partial charge >= 0.3 is 0 Å². The molecule has 0 radical (unpaired) electrons. The van der Waals surface area contributed by atoms with Crippen molar-refractivity contribution in [2.24, 2.45) is 0 Å². The lowest BCUT2D eigenvalue weighted by atomic mass is 10.0. The number of rotatable bonds is 3. The van der Waals surface area contributed by atoms with Gasteiger partial charge < -0.3 is 10.2 Å². The van der Waals surface area contributed by atoms with Gasteiger partial charge in [-0.25, -0.2) is 0 Å². The highest BCUT2D eigenvalue weighted by Crippen LogP contribution is 2.38. The first-order valence-electron chi connectivity index (χ1n) is 8.41. The highest BCUT2D eigenvalue weighted by Gasteiger charge is 2.24. The highest BCUT2D eigenvalue weighted by molar-refractivity contribution is 6.35. The Labute approximate surface area is 147 Å². The van der Waals surface area contributed by atoms with Crippen molar-refractivity contribution in [3.63, 3.8) is 0 Å². The number of hydrogen-bond acceptors (Lipinski definition) is 2. The summed E-state index contributed by atoms with van der Waals surface area (Å²) >= 11 is 0. The molecule has 3 aliphatic rings. The predicted molar refractivity (Wildman–Crippen MR) is 103 cm³/mol. The largest absolute Gasteiger partial charge is 0.321 e. The number of anilines is 1. The van der Waals surface area contributed by atoms with E-state index in [1.807, 2.05) is 42.5 Å². The summed E-state index contributed by atoms with van der Waals surface area (Å²) in [6, 6.07) is 20.5. The van der Waals surface area contributed by atoms with Crippen molar-refractivity contribution in [2.45, 2.75) is 6.54 Å². The molecule has 1 heterocycles. The summed E-state index contributed by atoms with van der Waals surface area (Å²) in [4.78, 5) is 14.6. The van der Waals surface area contributed by atoms with Crippen LogP contribution in [0.5, 0.6) is 0 Å². The number of hydrogen-bond donors (Lipinski definition) is 1. The third-order valence-corrected chi connectivity index (χ3v) is 4.52. The summed E-state index contributed by atoms with van der Waals surface area (Å²) in [7, 11) is 4.14. The maximum absolute atomic E-state index is 12.4. The molecule has 0 aromatic heterocycles. The fraction of sp³-hybridized carbons (Fsp3) is 0.136. The number of nitrogens with one attached hydrogen (secondary N) is 1. The molecule has 1 aliphatic heterocycles. The SMILES string of the molecule is CN(C)Cc1cc(C=C2C(=O)Nc3ccccc32)c2cccccc1-2. The van der Waals surface area contributed by atoms with Gasteiger partial charge in [-0.05, 0) is 54.6 Å². The van der Waals surface area contributed by atoms with Crippen LogP contribution in [0.4, 0.5) is 5.69 Å². The van der Waals surface area contributed by atoms with E-state index in [4.69, 9.17) is 0 Å². The Morgan fingerprint density at radius 3 is 2.40 bits per heavy atom. The van der Waals surface area contributed by atoms with Crippen LogP contribution in [0.15, 0.2) is 60.7 Å². The molecule has 25 heavy (non-hydrogen) atoms. The summed E-state index contributed by atoms with van der Waals surface area (Å²) in [5.41, 5.74) is 7.35. The first kappa shape index (κ1) is 15.6. The third kappa shape index (κ3) is 2.83. The molecule has 4 rings (SSSR count). The summed E-state index contributed by atoms with van der Waals surface area (Å²) in [6.45, 7) is 0.868. The van der Waals surface area contributed by atoms with Gasteiger partial charge in [0, 0.05) is 23.4 Å². The van der Waals surface area contributed by atoms with Gasteiger partial charge in [0.2, 0.25) is 0 Å². The van der Waals surface area contributed by atoms with Crippen molar-refractivity contribution in [1.29, 1.82) is 0 Å². The molecule has 0 unspecified atom stereocenters. The number of nitrogens with zero attached hydrogens (tertiary/aromatic N) is 1. The maximum atomic E-state index is 12.4. The number of fused-ring (bicyclic) bond motifs is 2. The molecule has 1 aromatic carbocycles. The fourth-order valence-corrected chi connectivity index (χ4v) is 3.45. The average molecular weight is 328 g/mol. The van der Waals surface area contributed by atoms with Crippen molar-refractivity contribution in [2.75, 3.05) is 19.4 Å². The second-order valence-corrected chi connectivity index (χ2v) is 6.66. The van der Waals surface area contributed by atoms with Gasteiger partial charge in [-0.15, -0.1) is 0 Å². The zero-order valence-electron chi connectivity index (χ0n) is 14.4. The molecule has 0 bridgehead atoms. The monoisotopic (exact) mass is 328 g/mol. The third-order valence-electron chi connectivity index (χ3n) is 4.52. The number of benzene rings is 1. The van der Waals surface area contributed by atoms with Crippen LogP contribution in [-0.4, -0.2) is 24.9 Å². The van der Waals surface area contributed by atoms with E-state index >= 15 is 0 Å². The van der Waals surface area contributed by atoms with E-state index in [2.05, 4.69) is 48.6 Å². The molecule has 3 nitrogen and oxygen atoms in total. The minimum absolute atomic E-state index is 0.0370. The van der Waals surface area contributed by atoms with Crippen molar-refractivity contribution in [1.82, 2.24) is 4.90 Å². The van der Waals surface area contributed by atoms with E-state index < -0.39 is 0 Å².